The number of anilines is 1. The van der Waals surface area contributed by atoms with E-state index >= 15 is 0 Å². The summed E-state index contributed by atoms with van der Waals surface area (Å²) in [6, 6.07) is 13.4. The van der Waals surface area contributed by atoms with Gasteiger partial charge in [0.2, 0.25) is 5.91 Å². The van der Waals surface area contributed by atoms with Crippen LogP contribution in [-0.4, -0.2) is 24.4 Å². The van der Waals surface area contributed by atoms with Crippen molar-refractivity contribution in [3.8, 4) is 0 Å². The number of benzene rings is 2. The standard InChI is InChI=1S/C18H15BrN2O4/c19-15-4-2-1-3-12(15)7-10-17(23)25-11-16(22)21-14-8-5-13(6-9-14)18(20)24/h1-10H,11H2,(H2,20,24)(H,21,22)/b10-7+. The van der Waals surface area contributed by atoms with Crippen molar-refractivity contribution in [2.24, 2.45) is 5.73 Å². The molecule has 2 aromatic carbocycles. The predicted octanol–water partition coefficient (Wildman–Crippen LogP) is 2.74. The van der Waals surface area contributed by atoms with Gasteiger partial charge >= 0.3 is 5.97 Å². The molecule has 0 bridgehead atoms. The van der Waals surface area contributed by atoms with Crippen LogP contribution in [0.4, 0.5) is 5.69 Å². The lowest BCUT2D eigenvalue weighted by atomic mass is 10.2. The van der Waals surface area contributed by atoms with Gasteiger partial charge in [-0.25, -0.2) is 4.79 Å². The highest BCUT2D eigenvalue weighted by molar-refractivity contribution is 9.10. The Balaban J connectivity index is 1.82. The van der Waals surface area contributed by atoms with Crippen LogP contribution in [0.25, 0.3) is 6.08 Å². The van der Waals surface area contributed by atoms with E-state index in [2.05, 4.69) is 21.2 Å². The molecule has 0 aliphatic rings. The van der Waals surface area contributed by atoms with Crippen LogP contribution < -0.4 is 11.1 Å². The van der Waals surface area contributed by atoms with Crippen molar-refractivity contribution in [1.29, 1.82) is 0 Å². The molecular formula is C18H15BrN2O4. The molecule has 0 aliphatic heterocycles. The van der Waals surface area contributed by atoms with E-state index in [9.17, 15) is 14.4 Å². The van der Waals surface area contributed by atoms with Gasteiger partial charge in [-0.15, -0.1) is 0 Å². The molecule has 2 rings (SSSR count). The number of amides is 2. The fourth-order valence-corrected chi connectivity index (χ4v) is 2.28. The number of carbonyl (C=O) groups is 3. The molecule has 7 heteroatoms. The van der Waals surface area contributed by atoms with E-state index in [4.69, 9.17) is 10.5 Å². The van der Waals surface area contributed by atoms with Gasteiger partial charge < -0.3 is 15.8 Å². The summed E-state index contributed by atoms with van der Waals surface area (Å²) in [7, 11) is 0. The third-order valence-electron chi connectivity index (χ3n) is 3.10. The maximum absolute atomic E-state index is 11.8. The zero-order valence-electron chi connectivity index (χ0n) is 13.1. The van der Waals surface area contributed by atoms with E-state index in [1.807, 2.05) is 24.3 Å². The number of nitrogens with two attached hydrogens (primary N) is 1. The summed E-state index contributed by atoms with van der Waals surface area (Å²) < 4.78 is 5.72. The van der Waals surface area contributed by atoms with Crippen LogP contribution >= 0.6 is 15.9 Å². The molecule has 0 saturated heterocycles. The second-order valence-corrected chi connectivity index (χ2v) is 5.81. The maximum Gasteiger partial charge on any atom is 0.331 e. The minimum atomic E-state index is -0.630. The van der Waals surface area contributed by atoms with Crippen LogP contribution in [0.2, 0.25) is 0 Å². The van der Waals surface area contributed by atoms with Crippen molar-refractivity contribution in [2.75, 3.05) is 11.9 Å². The first kappa shape index (κ1) is 18.4. The molecule has 25 heavy (non-hydrogen) atoms. The molecule has 0 atom stereocenters. The molecule has 0 saturated carbocycles. The summed E-state index contributed by atoms with van der Waals surface area (Å²) in [6.07, 6.45) is 2.84. The number of carbonyl (C=O) groups excluding carboxylic acids is 3. The Bertz CT molecular complexity index is 816. The number of halogens is 1. The number of primary amides is 1. The van der Waals surface area contributed by atoms with Crippen molar-refractivity contribution in [1.82, 2.24) is 0 Å². The third kappa shape index (κ3) is 5.89. The Kier molecular flexibility index (Phi) is 6.47. The summed E-state index contributed by atoms with van der Waals surface area (Å²) >= 11 is 3.36. The lowest BCUT2D eigenvalue weighted by Crippen LogP contribution is -2.20. The Hall–Kier alpha value is -2.93. The number of rotatable bonds is 6. The first-order valence-corrected chi connectivity index (χ1v) is 8.04. The van der Waals surface area contributed by atoms with E-state index in [0.717, 1.165) is 10.0 Å². The van der Waals surface area contributed by atoms with Gasteiger partial charge in [0.25, 0.3) is 5.91 Å². The Morgan fingerprint density at radius 3 is 2.40 bits per heavy atom. The van der Waals surface area contributed by atoms with Crippen molar-refractivity contribution in [2.45, 2.75) is 0 Å². The lowest BCUT2D eigenvalue weighted by molar-refractivity contribution is -0.142. The van der Waals surface area contributed by atoms with Crippen molar-refractivity contribution in [3.63, 3.8) is 0 Å². The average molecular weight is 403 g/mol. The maximum atomic E-state index is 11.8. The van der Waals surface area contributed by atoms with Gasteiger partial charge in [0.1, 0.15) is 0 Å². The summed E-state index contributed by atoms with van der Waals surface area (Å²) in [5, 5.41) is 2.55. The highest BCUT2D eigenvalue weighted by Gasteiger charge is 2.07. The summed E-state index contributed by atoms with van der Waals surface area (Å²) in [5.41, 5.74) is 6.75. The van der Waals surface area contributed by atoms with Crippen molar-refractivity contribution in [3.05, 3.63) is 70.2 Å². The Labute approximate surface area is 152 Å². The molecule has 2 amide bonds. The normalized spacial score (nSPS) is 10.4. The van der Waals surface area contributed by atoms with Gasteiger partial charge in [0.05, 0.1) is 0 Å². The quantitative estimate of drug-likeness (QED) is 0.573. The molecule has 2 aromatic rings. The monoisotopic (exact) mass is 402 g/mol. The largest absolute Gasteiger partial charge is 0.452 e. The molecule has 0 radical (unpaired) electrons. The summed E-state index contributed by atoms with van der Waals surface area (Å²) in [4.78, 5) is 34.4. The summed E-state index contributed by atoms with van der Waals surface area (Å²) in [5.74, 6) is -1.67. The summed E-state index contributed by atoms with van der Waals surface area (Å²) in [6.45, 7) is -0.420. The number of ether oxygens (including phenoxy) is 1. The molecule has 128 valence electrons. The second-order valence-electron chi connectivity index (χ2n) is 4.95. The molecule has 0 aromatic heterocycles. The van der Waals surface area contributed by atoms with E-state index in [-0.39, 0.29) is 0 Å². The number of hydrogen-bond donors (Lipinski definition) is 2. The molecule has 0 spiro atoms. The highest BCUT2D eigenvalue weighted by Crippen LogP contribution is 2.17. The fraction of sp³-hybridized carbons (Fsp3) is 0.0556. The number of hydrogen-bond acceptors (Lipinski definition) is 4. The van der Waals surface area contributed by atoms with Crippen LogP contribution in [0.5, 0.6) is 0 Å². The minimum absolute atomic E-state index is 0.335. The SMILES string of the molecule is NC(=O)c1ccc(NC(=O)COC(=O)/C=C/c2ccccc2Br)cc1. The van der Waals surface area contributed by atoms with Gasteiger partial charge in [-0.05, 0) is 42.0 Å². The van der Waals surface area contributed by atoms with Gasteiger partial charge in [0, 0.05) is 21.8 Å². The predicted molar refractivity (Wildman–Crippen MR) is 97.7 cm³/mol. The van der Waals surface area contributed by atoms with E-state index in [1.165, 1.54) is 30.3 Å². The van der Waals surface area contributed by atoms with E-state index in [0.29, 0.717) is 11.3 Å². The molecule has 6 nitrogen and oxygen atoms in total. The van der Waals surface area contributed by atoms with Gasteiger partial charge in [-0.2, -0.15) is 0 Å². The molecule has 0 unspecified atom stereocenters. The molecule has 3 N–H and O–H groups in total. The second kappa shape index (κ2) is 8.79. The molecular weight excluding hydrogens is 388 g/mol. The van der Waals surface area contributed by atoms with Crippen LogP contribution in [0.3, 0.4) is 0 Å². The van der Waals surface area contributed by atoms with Crippen molar-refractivity contribution >= 4 is 45.5 Å². The Morgan fingerprint density at radius 1 is 1.08 bits per heavy atom. The number of esters is 1. The highest BCUT2D eigenvalue weighted by atomic mass is 79.9. The van der Waals surface area contributed by atoms with Crippen LogP contribution in [0.1, 0.15) is 15.9 Å². The van der Waals surface area contributed by atoms with Crippen molar-refractivity contribution < 1.29 is 19.1 Å². The van der Waals surface area contributed by atoms with Crippen LogP contribution in [0.15, 0.2) is 59.1 Å². The molecule has 0 fully saturated rings. The van der Waals surface area contributed by atoms with Gasteiger partial charge in [-0.1, -0.05) is 34.1 Å². The fourth-order valence-electron chi connectivity index (χ4n) is 1.87. The minimum Gasteiger partial charge on any atom is -0.452 e. The van der Waals surface area contributed by atoms with Gasteiger partial charge in [0.15, 0.2) is 6.61 Å². The average Bonchev–Trinajstić information content (AvgIpc) is 2.59. The topological polar surface area (TPSA) is 98.5 Å². The number of nitrogens with one attached hydrogen (secondary N) is 1. The zero-order valence-corrected chi connectivity index (χ0v) is 14.7. The van der Waals surface area contributed by atoms with Crippen LogP contribution in [0, 0.1) is 0 Å². The van der Waals surface area contributed by atoms with E-state index < -0.39 is 24.4 Å². The lowest BCUT2D eigenvalue weighted by Gasteiger charge is -2.06. The van der Waals surface area contributed by atoms with Crippen LogP contribution in [-0.2, 0) is 14.3 Å². The smallest absolute Gasteiger partial charge is 0.331 e. The molecule has 0 aliphatic carbocycles. The molecule has 0 heterocycles. The van der Waals surface area contributed by atoms with Gasteiger partial charge in [-0.3, -0.25) is 9.59 Å². The van der Waals surface area contributed by atoms with E-state index in [1.54, 1.807) is 6.08 Å². The zero-order chi connectivity index (χ0) is 18.2. The Morgan fingerprint density at radius 2 is 1.76 bits per heavy atom. The first-order valence-electron chi connectivity index (χ1n) is 7.25. The third-order valence-corrected chi connectivity index (χ3v) is 3.83. The first-order chi connectivity index (χ1) is 12.0.